The Morgan fingerprint density at radius 3 is 2.67 bits per heavy atom. The first-order valence-corrected chi connectivity index (χ1v) is 10.8. The molecule has 2 aromatic heterocycles. The maximum absolute atomic E-state index is 14.3. The number of hydrogen-bond donors (Lipinski definition) is 2. The Balaban J connectivity index is 1.29. The fourth-order valence-electron chi connectivity index (χ4n) is 4.53. The Morgan fingerprint density at radius 1 is 1.12 bits per heavy atom. The van der Waals surface area contributed by atoms with E-state index in [-0.39, 0.29) is 43.1 Å². The molecule has 2 aliphatic rings. The number of carbonyl (C=O) groups excluding carboxylic acids is 3. The van der Waals surface area contributed by atoms with E-state index in [4.69, 9.17) is 5.73 Å². The van der Waals surface area contributed by atoms with E-state index in [0.29, 0.717) is 11.0 Å². The standard InChI is InChI=1S/C23H23FN6O3/c24-14-9-18(23(33)27-17-10-16(17)13-5-2-1-3-6-13)29(11-14)19(31)12-30-22-15(7-4-8-26-22)20(28-30)21(25)32/h1-8,14,16-18H,9-12H2,(H2,25,32)(H,27,33)/t14-,16+,17-,18+/m1/s1. The second kappa shape index (κ2) is 8.27. The molecule has 5 rings (SSSR count). The second-order valence-corrected chi connectivity index (χ2v) is 8.51. The van der Waals surface area contributed by atoms with Gasteiger partial charge in [-0.05, 0) is 24.1 Å². The molecular formula is C23H23FN6O3. The summed E-state index contributed by atoms with van der Waals surface area (Å²) in [7, 11) is 0. The van der Waals surface area contributed by atoms with E-state index in [2.05, 4.69) is 15.4 Å². The van der Waals surface area contributed by atoms with Gasteiger partial charge < -0.3 is 16.0 Å². The van der Waals surface area contributed by atoms with Gasteiger partial charge in [0.1, 0.15) is 18.8 Å². The Bertz CT molecular complexity index is 1230. The lowest BCUT2D eigenvalue weighted by atomic mass is 10.1. The molecule has 3 amide bonds. The second-order valence-electron chi connectivity index (χ2n) is 8.51. The van der Waals surface area contributed by atoms with Crippen molar-refractivity contribution in [3.63, 3.8) is 0 Å². The lowest BCUT2D eigenvalue weighted by Gasteiger charge is -2.23. The van der Waals surface area contributed by atoms with Gasteiger partial charge in [0.05, 0.1) is 11.9 Å². The summed E-state index contributed by atoms with van der Waals surface area (Å²) in [5.74, 6) is -1.33. The van der Waals surface area contributed by atoms with Gasteiger partial charge in [0.2, 0.25) is 11.8 Å². The van der Waals surface area contributed by atoms with E-state index in [1.165, 1.54) is 15.8 Å². The topological polar surface area (TPSA) is 123 Å². The Hall–Kier alpha value is -3.82. The highest BCUT2D eigenvalue weighted by Crippen LogP contribution is 2.40. The van der Waals surface area contributed by atoms with Gasteiger partial charge in [-0.3, -0.25) is 14.4 Å². The van der Waals surface area contributed by atoms with Crippen molar-refractivity contribution in [2.75, 3.05) is 6.54 Å². The Morgan fingerprint density at radius 2 is 1.91 bits per heavy atom. The summed E-state index contributed by atoms with van der Waals surface area (Å²) in [4.78, 5) is 43.1. The van der Waals surface area contributed by atoms with Crippen LogP contribution >= 0.6 is 0 Å². The molecule has 4 atom stereocenters. The van der Waals surface area contributed by atoms with E-state index in [0.717, 1.165) is 12.0 Å². The predicted molar refractivity (Wildman–Crippen MR) is 117 cm³/mol. The van der Waals surface area contributed by atoms with Gasteiger partial charge >= 0.3 is 0 Å². The number of benzene rings is 1. The van der Waals surface area contributed by atoms with Gasteiger partial charge in [-0.25, -0.2) is 14.1 Å². The van der Waals surface area contributed by atoms with Crippen molar-refractivity contribution in [3.8, 4) is 0 Å². The smallest absolute Gasteiger partial charge is 0.269 e. The molecule has 0 bridgehead atoms. The maximum Gasteiger partial charge on any atom is 0.269 e. The number of amides is 3. The number of rotatable bonds is 6. The van der Waals surface area contributed by atoms with Crippen molar-refractivity contribution in [1.82, 2.24) is 25.0 Å². The van der Waals surface area contributed by atoms with Gasteiger partial charge in [-0.1, -0.05) is 30.3 Å². The average Bonchev–Trinajstić information content (AvgIpc) is 3.30. The first kappa shape index (κ1) is 21.0. The van der Waals surface area contributed by atoms with E-state index < -0.39 is 24.0 Å². The number of primary amides is 1. The number of nitrogens with zero attached hydrogens (tertiary/aromatic N) is 4. The van der Waals surface area contributed by atoms with Crippen LogP contribution in [0.2, 0.25) is 0 Å². The van der Waals surface area contributed by atoms with E-state index in [9.17, 15) is 18.8 Å². The largest absolute Gasteiger partial charge is 0.364 e. The van der Waals surface area contributed by atoms with Crippen molar-refractivity contribution in [2.45, 2.75) is 43.6 Å². The van der Waals surface area contributed by atoms with Gasteiger partial charge in [0.25, 0.3) is 5.91 Å². The van der Waals surface area contributed by atoms with Crippen LogP contribution < -0.4 is 11.1 Å². The summed E-state index contributed by atoms with van der Waals surface area (Å²) < 4.78 is 15.5. The lowest BCUT2D eigenvalue weighted by Crippen LogP contribution is -2.47. The highest BCUT2D eigenvalue weighted by Gasteiger charge is 2.44. The maximum atomic E-state index is 14.3. The zero-order chi connectivity index (χ0) is 23.1. The monoisotopic (exact) mass is 450 g/mol. The third-order valence-corrected chi connectivity index (χ3v) is 6.24. The summed E-state index contributed by atoms with van der Waals surface area (Å²) >= 11 is 0. The minimum atomic E-state index is -1.29. The first-order chi connectivity index (χ1) is 15.9. The molecule has 1 aliphatic heterocycles. The number of fused-ring (bicyclic) bond motifs is 1. The third-order valence-electron chi connectivity index (χ3n) is 6.24. The van der Waals surface area contributed by atoms with Crippen molar-refractivity contribution in [1.29, 1.82) is 0 Å². The first-order valence-electron chi connectivity index (χ1n) is 10.8. The number of alkyl halides is 1. The number of nitrogens with two attached hydrogens (primary N) is 1. The van der Waals surface area contributed by atoms with Gasteiger partial charge in [0, 0.05) is 24.6 Å². The number of hydrogen-bond acceptors (Lipinski definition) is 5. The number of likely N-dealkylation sites (tertiary alicyclic amines) is 1. The lowest BCUT2D eigenvalue weighted by molar-refractivity contribution is -0.139. The zero-order valence-electron chi connectivity index (χ0n) is 17.7. The van der Waals surface area contributed by atoms with Crippen molar-refractivity contribution >= 4 is 28.8 Å². The number of aromatic nitrogens is 3. The average molecular weight is 450 g/mol. The van der Waals surface area contributed by atoms with Crippen LogP contribution in [0.3, 0.4) is 0 Å². The summed E-state index contributed by atoms with van der Waals surface area (Å²) in [6, 6.07) is 12.2. The van der Waals surface area contributed by atoms with Crippen LogP contribution in [0.15, 0.2) is 48.7 Å². The van der Waals surface area contributed by atoms with Crippen LogP contribution in [0.1, 0.15) is 34.8 Å². The molecule has 1 aliphatic carbocycles. The van der Waals surface area contributed by atoms with Crippen LogP contribution in [0.25, 0.3) is 11.0 Å². The summed E-state index contributed by atoms with van der Waals surface area (Å²) in [5, 5.41) is 7.52. The van der Waals surface area contributed by atoms with Gasteiger partial charge in [0.15, 0.2) is 11.3 Å². The molecule has 1 aromatic carbocycles. The number of carbonyl (C=O) groups is 3. The van der Waals surface area contributed by atoms with Crippen molar-refractivity contribution in [2.24, 2.45) is 5.73 Å². The number of pyridine rings is 1. The summed E-state index contributed by atoms with van der Waals surface area (Å²) in [5.41, 5.74) is 6.86. The molecule has 0 spiro atoms. The highest BCUT2D eigenvalue weighted by molar-refractivity contribution is 6.03. The molecule has 33 heavy (non-hydrogen) atoms. The number of halogens is 1. The van der Waals surface area contributed by atoms with Crippen molar-refractivity contribution < 1.29 is 18.8 Å². The highest BCUT2D eigenvalue weighted by atomic mass is 19.1. The van der Waals surface area contributed by atoms with E-state index in [1.807, 2.05) is 30.3 Å². The summed E-state index contributed by atoms with van der Waals surface area (Å²) in [6.45, 7) is -0.452. The Kier molecular flexibility index (Phi) is 5.27. The quantitative estimate of drug-likeness (QED) is 0.583. The van der Waals surface area contributed by atoms with Crippen LogP contribution in [-0.4, -0.2) is 62.2 Å². The SMILES string of the molecule is NC(=O)c1nn(CC(=O)N2C[C@H](F)C[C@H]2C(=O)N[C@@H]2C[C@H]2c2ccccc2)c2ncccc12. The molecule has 9 nitrogen and oxygen atoms in total. The summed E-state index contributed by atoms with van der Waals surface area (Å²) in [6.07, 6.45) is 0.988. The Labute approximate surface area is 188 Å². The van der Waals surface area contributed by atoms with Gasteiger partial charge in [-0.15, -0.1) is 0 Å². The zero-order valence-corrected chi connectivity index (χ0v) is 17.7. The molecular weight excluding hydrogens is 427 g/mol. The molecule has 0 unspecified atom stereocenters. The van der Waals surface area contributed by atoms with Crippen LogP contribution in [0.4, 0.5) is 4.39 Å². The fourth-order valence-corrected chi connectivity index (χ4v) is 4.53. The number of nitrogens with one attached hydrogen (secondary N) is 1. The molecule has 0 radical (unpaired) electrons. The minimum absolute atomic E-state index is 0.00525. The molecule has 3 N–H and O–H groups in total. The predicted octanol–water partition coefficient (Wildman–Crippen LogP) is 1.14. The van der Waals surface area contributed by atoms with Crippen LogP contribution in [-0.2, 0) is 16.1 Å². The molecule has 170 valence electrons. The molecule has 3 aromatic rings. The van der Waals surface area contributed by atoms with Crippen LogP contribution in [0.5, 0.6) is 0 Å². The molecule has 10 heteroatoms. The van der Waals surface area contributed by atoms with Gasteiger partial charge in [-0.2, -0.15) is 5.10 Å². The third kappa shape index (κ3) is 4.04. The molecule has 3 heterocycles. The van der Waals surface area contributed by atoms with Crippen molar-refractivity contribution in [3.05, 3.63) is 59.9 Å². The minimum Gasteiger partial charge on any atom is -0.364 e. The molecule has 1 saturated carbocycles. The van der Waals surface area contributed by atoms with Crippen LogP contribution in [0, 0.1) is 0 Å². The fraction of sp³-hybridized carbons (Fsp3) is 0.348. The van der Waals surface area contributed by atoms with E-state index >= 15 is 0 Å². The van der Waals surface area contributed by atoms with E-state index in [1.54, 1.807) is 12.1 Å². The molecule has 1 saturated heterocycles. The normalized spacial score (nSPS) is 24.1. The molecule has 2 fully saturated rings.